The average molecular weight is 362 g/mol. The second-order valence-corrected chi connectivity index (χ2v) is 6.63. The summed E-state index contributed by atoms with van der Waals surface area (Å²) in [7, 11) is 2.04. The number of aromatic nitrogens is 3. The molecule has 0 saturated carbocycles. The van der Waals surface area contributed by atoms with E-state index >= 15 is 0 Å². The standard InChI is InChI=1S/C21H22N4O2/c1-14-15(2)23-20(17-6-4-5-9-22-17)24-21(14)25(3)13-16-7-8-18-19(12-16)27-11-10-26-18/h4-9,12H,10-11,13H2,1-3H3. The number of hydrogen-bond acceptors (Lipinski definition) is 6. The van der Waals surface area contributed by atoms with Crippen LogP contribution in [0, 0.1) is 13.8 Å². The van der Waals surface area contributed by atoms with Crippen LogP contribution in [0.15, 0.2) is 42.6 Å². The van der Waals surface area contributed by atoms with Crippen LogP contribution in [0.2, 0.25) is 0 Å². The molecule has 0 N–H and O–H groups in total. The van der Waals surface area contributed by atoms with Crippen molar-refractivity contribution < 1.29 is 9.47 Å². The molecule has 27 heavy (non-hydrogen) atoms. The van der Waals surface area contributed by atoms with Crippen molar-refractivity contribution in [2.24, 2.45) is 0 Å². The van der Waals surface area contributed by atoms with E-state index in [2.05, 4.69) is 20.9 Å². The van der Waals surface area contributed by atoms with Crippen molar-refractivity contribution >= 4 is 5.82 Å². The van der Waals surface area contributed by atoms with Gasteiger partial charge in [-0.3, -0.25) is 4.98 Å². The topological polar surface area (TPSA) is 60.4 Å². The molecule has 0 radical (unpaired) electrons. The largest absolute Gasteiger partial charge is 0.486 e. The first-order valence-corrected chi connectivity index (χ1v) is 8.98. The van der Waals surface area contributed by atoms with Crippen LogP contribution in [0.25, 0.3) is 11.5 Å². The lowest BCUT2D eigenvalue weighted by Gasteiger charge is -2.23. The fraction of sp³-hybridized carbons (Fsp3) is 0.286. The van der Waals surface area contributed by atoms with E-state index in [-0.39, 0.29) is 0 Å². The van der Waals surface area contributed by atoms with Gasteiger partial charge in [0.2, 0.25) is 0 Å². The summed E-state index contributed by atoms with van der Waals surface area (Å²) in [5.41, 5.74) is 3.93. The number of fused-ring (bicyclic) bond motifs is 1. The van der Waals surface area contributed by atoms with Crippen molar-refractivity contribution in [2.75, 3.05) is 25.2 Å². The van der Waals surface area contributed by atoms with Crippen LogP contribution >= 0.6 is 0 Å². The minimum absolute atomic E-state index is 0.587. The highest BCUT2D eigenvalue weighted by Crippen LogP contribution is 2.32. The normalized spacial score (nSPS) is 12.7. The van der Waals surface area contributed by atoms with Crippen LogP contribution in [0.1, 0.15) is 16.8 Å². The highest BCUT2D eigenvalue weighted by atomic mass is 16.6. The maximum Gasteiger partial charge on any atom is 0.180 e. The Bertz CT molecular complexity index is 960. The van der Waals surface area contributed by atoms with E-state index in [9.17, 15) is 0 Å². The molecule has 0 amide bonds. The second-order valence-electron chi connectivity index (χ2n) is 6.63. The number of hydrogen-bond donors (Lipinski definition) is 0. The monoisotopic (exact) mass is 362 g/mol. The second kappa shape index (κ2) is 7.23. The number of benzene rings is 1. The molecule has 4 rings (SSSR count). The maximum atomic E-state index is 5.69. The maximum absolute atomic E-state index is 5.69. The number of pyridine rings is 1. The summed E-state index contributed by atoms with van der Waals surface area (Å²) in [6, 6.07) is 11.8. The first kappa shape index (κ1) is 17.3. The predicted octanol–water partition coefficient (Wildman–Crippen LogP) is 3.56. The van der Waals surface area contributed by atoms with Crippen molar-refractivity contribution in [1.82, 2.24) is 15.0 Å². The van der Waals surface area contributed by atoms with Crippen molar-refractivity contribution in [3.05, 3.63) is 59.4 Å². The Morgan fingerprint density at radius 1 is 1.00 bits per heavy atom. The number of rotatable bonds is 4. The molecule has 0 aliphatic carbocycles. The molecular formula is C21H22N4O2. The Labute approximate surface area is 158 Å². The van der Waals surface area contributed by atoms with E-state index in [0.717, 1.165) is 39.8 Å². The van der Waals surface area contributed by atoms with Gasteiger partial charge in [-0.05, 0) is 43.7 Å². The molecule has 6 heteroatoms. The van der Waals surface area contributed by atoms with Gasteiger partial charge in [-0.2, -0.15) is 0 Å². The molecule has 3 heterocycles. The average Bonchev–Trinajstić information content (AvgIpc) is 2.70. The van der Waals surface area contributed by atoms with Gasteiger partial charge < -0.3 is 14.4 Å². The summed E-state index contributed by atoms with van der Waals surface area (Å²) in [5, 5.41) is 0. The zero-order chi connectivity index (χ0) is 18.8. The predicted molar refractivity (Wildman–Crippen MR) is 104 cm³/mol. The van der Waals surface area contributed by atoms with Gasteiger partial charge in [0, 0.05) is 31.0 Å². The van der Waals surface area contributed by atoms with Gasteiger partial charge in [0.25, 0.3) is 0 Å². The lowest BCUT2D eigenvalue weighted by atomic mass is 10.1. The molecule has 1 aromatic carbocycles. The minimum atomic E-state index is 0.587. The van der Waals surface area contributed by atoms with Crippen LogP contribution in [0.3, 0.4) is 0 Å². The fourth-order valence-electron chi connectivity index (χ4n) is 3.13. The SMILES string of the molecule is Cc1nc(-c2ccccn2)nc(N(C)Cc2ccc3c(c2)OCCO3)c1C. The zero-order valence-electron chi connectivity index (χ0n) is 15.8. The van der Waals surface area contributed by atoms with Gasteiger partial charge in [0.05, 0.1) is 0 Å². The van der Waals surface area contributed by atoms with Crippen LogP contribution in [-0.4, -0.2) is 35.2 Å². The third kappa shape index (κ3) is 3.56. The Balaban J connectivity index is 1.63. The van der Waals surface area contributed by atoms with Crippen LogP contribution < -0.4 is 14.4 Å². The first-order chi connectivity index (χ1) is 13.1. The summed E-state index contributed by atoms with van der Waals surface area (Å²) in [6.07, 6.45) is 1.76. The van der Waals surface area contributed by atoms with E-state index in [1.165, 1.54) is 0 Å². The molecule has 138 valence electrons. The van der Waals surface area contributed by atoms with E-state index in [1.807, 2.05) is 51.2 Å². The Morgan fingerprint density at radius 2 is 1.81 bits per heavy atom. The summed E-state index contributed by atoms with van der Waals surface area (Å²) < 4.78 is 11.3. The molecule has 3 aromatic rings. The number of ether oxygens (including phenoxy) is 2. The number of nitrogens with zero attached hydrogens (tertiary/aromatic N) is 4. The quantitative estimate of drug-likeness (QED) is 0.707. The highest BCUT2D eigenvalue weighted by molar-refractivity contribution is 5.57. The molecule has 1 aliphatic rings. The van der Waals surface area contributed by atoms with Gasteiger partial charge in [-0.25, -0.2) is 9.97 Å². The smallest absolute Gasteiger partial charge is 0.180 e. The third-order valence-electron chi connectivity index (χ3n) is 4.65. The molecule has 1 aliphatic heterocycles. The summed E-state index contributed by atoms with van der Waals surface area (Å²) in [4.78, 5) is 15.9. The number of aryl methyl sites for hydroxylation is 1. The molecule has 0 spiro atoms. The molecule has 0 atom stereocenters. The molecule has 6 nitrogen and oxygen atoms in total. The summed E-state index contributed by atoms with van der Waals surface area (Å²) >= 11 is 0. The van der Waals surface area contributed by atoms with Crippen LogP contribution in [0.5, 0.6) is 11.5 Å². The lowest BCUT2D eigenvalue weighted by Crippen LogP contribution is -2.21. The van der Waals surface area contributed by atoms with E-state index in [4.69, 9.17) is 14.5 Å². The molecule has 0 bridgehead atoms. The lowest BCUT2D eigenvalue weighted by molar-refractivity contribution is 0.171. The van der Waals surface area contributed by atoms with Crippen molar-refractivity contribution in [3.63, 3.8) is 0 Å². The third-order valence-corrected chi connectivity index (χ3v) is 4.65. The fourth-order valence-corrected chi connectivity index (χ4v) is 3.13. The van der Waals surface area contributed by atoms with E-state index < -0.39 is 0 Å². The molecule has 0 saturated heterocycles. The first-order valence-electron chi connectivity index (χ1n) is 8.98. The van der Waals surface area contributed by atoms with Crippen LogP contribution in [0.4, 0.5) is 5.82 Å². The van der Waals surface area contributed by atoms with Gasteiger partial charge in [-0.15, -0.1) is 0 Å². The van der Waals surface area contributed by atoms with Gasteiger partial charge in [0.15, 0.2) is 17.3 Å². The minimum Gasteiger partial charge on any atom is -0.486 e. The molecule has 0 unspecified atom stereocenters. The zero-order valence-corrected chi connectivity index (χ0v) is 15.8. The highest BCUT2D eigenvalue weighted by Gasteiger charge is 2.16. The van der Waals surface area contributed by atoms with Gasteiger partial charge in [0.1, 0.15) is 24.7 Å². The molecular weight excluding hydrogens is 340 g/mol. The molecule has 0 fully saturated rings. The Hall–Kier alpha value is -3.15. The summed E-state index contributed by atoms with van der Waals surface area (Å²) in [6.45, 7) is 5.94. The van der Waals surface area contributed by atoms with Crippen molar-refractivity contribution in [2.45, 2.75) is 20.4 Å². The Morgan fingerprint density at radius 3 is 2.59 bits per heavy atom. The van der Waals surface area contributed by atoms with E-state index in [1.54, 1.807) is 6.20 Å². The van der Waals surface area contributed by atoms with Gasteiger partial charge in [-0.1, -0.05) is 12.1 Å². The van der Waals surface area contributed by atoms with E-state index in [0.29, 0.717) is 25.6 Å². The van der Waals surface area contributed by atoms with Crippen molar-refractivity contribution in [3.8, 4) is 23.0 Å². The molecule has 2 aromatic heterocycles. The summed E-state index contributed by atoms with van der Waals surface area (Å²) in [5.74, 6) is 3.15. The Kier molecular flexibility index (Phi) is 4.62. The van der Waals surface area contributed by atoms with Crippen molar-refractivity contribution in [1.29, 1.82) is 0 Å². The number of anilines is 1. The van der Waals surface area contributed by atoms with Crippen LogP contribution in [-0.2, 0) is 6.54 Å². The van der Waals surface area contributed by atoms with Gasteiger partial charge >= 0.3 is 0 Å².